The van der Waals surface area contributed by atoms with Gasteiger partial charge in [0.05, 0.1) is 90.2 Å². The molecule has 0 saturated carbocycles. The van der Waals surface area contributed by atoms with Crippen LogP contribution in [0.15, 0.2) is 0 Å². The second-order valence-electron chi connectivity index (χ2n) is 21.4. The fourth-order valence-electron chi connectivity index (χ4n) is 9.41. The molecule has 0 bridgehead atoms. The van der Waals surface area contributed by atoms with Crippen LogP contribution in [0.25, 0.3) is 0 Å². The lowest BCUT2D eigenvalue weighted by atomic mass is 9.92. The van der Waals surface area contributed by atoms with Gasteiger partial charge in [-0.05, 0) is 38.5 Å². The zero-order valence-corrected chi connectivity index (χ0v) is 48.7. The summed E-state index contributed by atoms with van der Waals surface area (Å²) in [6.45, 7) is 1.47. The standard InChI is InChI=1S/C54H94N6O24/c1-31-45(71)48(74)38(28-61)82-52(31)79-21-7-17-55-41(67)16-14-36(66)26-60(27-44(70)58-24-42(68)56-18-8-22-80-53-32(2)46(72)49(75)39(29-62)83-53)37(15-13-35(65)11-5-10-34(64)12-6-20-78-4)51(77)59-25-43(69)57-19-9-23-81-54-33(3)47(73)50(76)40(30-63)84-54/h31-33,37-40,45-50,52-54,61-63,71-76H,5-30H2,1-4H3,(H,55,67)(H,56,68)(H,57,69)(H,58,70)(H,59,77)/t31?,32?,33?,37?,38?,39?,40?,45-,46-,47-,48+,49+,50+,52-,53-,54-/m1/s1. The van der Waals surface area contributed by atoms with Crippen LogP contribution in [0, 0.1) is 17.8 Å². The van der Waals surface area contributed by atoms with Gasteiger partial charge < -0.3 is 106 Å². The Morgan fingerprint density at radius 3 is 1.27 bits per heavy atom. The number of carbonyl (C=O) groups is 8. The van der Waals surface area contributed by atoms with E-state index in [0.29, 0.717) is 13.0 Å². The number of methoxy groups -OCH3 is 1. The Hall–Kier alpha value is -4.32. The Morgan fingerprint density at radius 1 is 0.440 bits per heavy atom. The van der Waals surface area contributed by atoms with E-state index in [-0.39, 0.29) is 122 Å². The van der Waals surface area contributed by atoms with E-state index in [4.69, 9.17) is 33.2 Å². The number of nitrogens with zero attached hydrogens (tertiary/aromatic N) is 1. The van der Waals surface area contributed by atoms with Gasteiger partial charge in [0, 0.05) is 89.6 Å². The highest BCUT2D eigenvalue weighted by Gasteiger charge is 2.45. The molecule has 3 saturated heterocycles. The van der Waals surface area contributed by atoms with Gasteiger partial charge in [0.2, 0.25) is 29.5 Å². The molecule has 84 heavy (non-hydrogen) atoms. The minimum absolute atomic E-state index is 0.0233. The van der Waals surface area contributed by atoms with Gasteiger partial charge in [-0.25, -0.2) is 0 Å². The predicted octanol–water partition coefficient (Wildman–Crippen LogP) is -5.45. The molecular formula is C54H94N6O24. The number of rotatable bonds is 42. The van der Waals surface area contributed by atoms with E-state index in [1.165, 1.54) is 12.0 Å². The fraction of sp³-hybridized carbons (Fsp3) is 0.852. The van der Waals surface area contributed by atoms with E-state index < -0.39 is 179 Å². The van der Waals surface area contributed by atoms with Crippen molar-refractivity contribution >= 4 is 46.9 Å². The molecule has 3 aliphatic heterocycles. The van der Waals surface area contributed by atoms with Crippen molar-refractivity contribution in [2.45, 2.75) is 178 Å². The second kappa shape index (κ2) is 40.2. The fourth-order valence-corrected chi connectivity index (χ4v) is 9.41. The van der Waals surface area contributed by atoms with Crippen LogP contribution in [0.5, 0.6) is 0 Å². The van der Waals surface area contributed by atoms with Gasteiger partial charge in [0.15, 0.2) is 18.9 Å². The lowest BCUT2D eigenvalue weighted by Crippen LogP contribution is -2.55. The topological polar surface area (TPSA) is 447 Å². The van der Waals surface area contributed by atoms with Crippen LogP contribution in [0.1, 0.15) is 97.8 Å². The number of aliphatic hydroxyl groups is 9. The average molecular weight is 1210 g/mol. The van der Waals surface area contributed by atoms with E-state index in [9.17, 15) is 84.3 Å². The van der Waals surface area contributed by atoms with Crippen molar-refractivity contribution in [3.63, 3.8) is 0 Å². The summed E-state index contributed by atoms with van der Waals surface area (Å²) in [5.74, 6) is -6.38. The third kappa shape index (κ3) is 25.9. The van der Waals surface area contributed by atoms with Crippen LogP contribution in [0.2, 0.25) is 0 Å². The smallest absolute Gasteiger partial charge is 0.239 e. The molecule has 0 aromatic rings. The number of carbonyl (C=O) groups excluding carboxylic acids is 8. The van der Waals surface area contributed by atoms with Gasteiger partial charge in [0.25, 0.3) is 0 Å². The van der Waals surface area contributed by atoms with Crippen molar-refractivity contribution in [3.8, 4) is 0 Å². The van der Waals surface area contributed by atoms with Crippen LogP contribution < -0.4 is 26.6 Å². The molecule has 0 aliphatic carbocycles. The summed E-state index contributed by atoms with van der Waals surface area (Å²) in [7, 11) is 1.52. The minimum Gasteiger partial charge on any atom is -0.394 e. The van der Waals surface area contributed by atoms with Crippen molar-refractivity contribution < 1.29 is 117 Å². The molecule has 5 amide bonds. The normalized spacial score (nSPS) is 28.2. The molecule has 3 aliphatic rings. The van der Waals surface area contributed by atoms with Crippen molar-refractivity contribution in [2.75, 3.05) is 99.2 Å². The third-order valence-electron chi connectivity index (χ3n) is 14.7. The van der Waals surface area contributed by atoms with E-state index >= 15 is 0 Å². The number of nitrogens with one attached hydrogen (secondary N) is 5. The maximum atomic E-state index is 14.1. The first-order valence-electron chi connectivity index (χ1n) is 28.9. The summed E-state index contributed by atoms with van der Waals surface area (Å²) in [6, 6.07) is -1.42. The lowest BCUT2D eigenvalue weighted by molar-refractivity contribution is -0.282. The van der Waals surface area contributed by atoms with Gasteiger partial charge in [-0.2, -0.15) is 0 Å². The quantitative estimate of drug-likeness (QED) is 0.0254. The maximum Gasteiger partial charge on any atom is 0.239 e. The average Bonchev–Trinajstić information content (AvgIpc) is 3.36. The van der Waals surface area contributed by atoms with Gasteiger partial charge in [-0.15, -0.1) is 0 Å². The van der Waals surface area contributed by atoms with E-state index in [1.807, 2.05) is 0 Å². The zero-order valence-electron chi connectivity index (χ0n) is 48.7. The molecule has 0 spiro atoms. The van der Waals surface area contributed by atoms with E-state index in [2.05, 4.69) is 26.6 Å². The van der Waals surface area contributed by atoms with Gasteiger partial charge >= 0.3 is 0 Å². The molecule has 30 heteroatoms. The number of hydrogen-bond acceptors (Lipinski definition) is 25. The van der Waals surface area contributed by atoms with Gasteiger partial charge in [-0.3, -0.25) is 43.3 Å². The Bertz CT molecular complexity index is 1930. The highest BCUT2D eigenvalue weighted by atomic mass is 16.7. The Morgan fingerprint density at radius 2 is 0.845 bits per heavy atom. The highest BCUT2D eigenvalue weighted by Crippen LogP contribution is 2.29. The van der Waals surface area contributed by atoms with Crippen molar-refractivity contribution in [3.05, 3.63) is 0 Å². The van der Waals surface area contributed by atoms with Gasteiger partial charge in [0.1, 0.15) is 54.0 Å². The molecule has 3 rings (SSSR count). The SMILES string of the molecule is COCCCC(=O)CCCC(=O)CCC(C(=O)NCC(=O)NCCCO[C@@H]1OC(CO)[C@H](O)[C@H](O)C1C)N(CC(=O)CCC(=O)NCCCO[C@@H]1OC(CO)[C@H](O)[C@H](O)C1C)CC(=O)NCC(=O)NCCCO[C@@H]1OC(CO)[C@H](O)[C@H](O)C1C. The zero-order chi connectivity index (χ0) is 62.3. The Balaban J connectivity index is 1.67. The molecule has 3 fully saturated rings. The van der Waals surface area contributed by atoms with Crippen LogP contribution in [0.3, 0.4) is 0 Å². The number of hydrogen-bond donors (Lipinski definition) is 14. The van der Waals surface area contributed by atoms with Gasteiger partial charge in [-0.1, -0.05) is 20.8 Å². The van der Waals surface area contributed by atoms with Crippen molar-refractivity contribution in [2.24, 2.45) is 17.8 Å². The largest absolute Gasteiger partial charge is 0.394 e. The maximum absolute atomic E-state index is 14.1. The number of ether oxygens (including phenoxy) is 7. The number of amides is 5. The van der Waals surface area contributed by atoms with Crippen LogP contribution in [-0.4, -0.2) is 277 Å². The molecule has 16 atom stereocenters. The third-order valence-corrected chi connectivity index (χ3v) is 14.7. The van der Waals surface area contributed by atoms with Crippen LogP contribution in [-0.2, 0) is 71.5 Å². The van der Waals surface area contributed by atoms with E-state index in [1.54, 1.807) is 20.8 Å². The Kier molecular flexibility index (Phi) is 35.4. The molecule has 484 valence electrons. The van der Waals surface area contributed by atoms with Crippen LogP contribution >= 0.6 is 0 Å². The summed E-state index contributed by atoms with van der Waals surface area (Å²) in [5, 5.41) is 103. The first-order chi connectivity index (χ1) is 40.1. The van der Waals surface area contributed by atoms with Crippen LogP contribution in [0.4, 0.5) is 0 Å². The van der Waals surface area contributed by atoms with Crippen molar-refractivity contribution in [1.82, 2.24) is 31.5 Å². The molecule has 0 aromatic carbocycles. The first kappa shape index (κ1) is 73.9. The van der Waals surface area contributed by atoms with E-state index in [0.717, 1.165) is 0 Å². The summed E-state index contributed by atoms with van der Waals surface area (Å²) in [5.41, 5.74) is 0. The number of aliphatic hydroxyl groups excluding tert-OH is 9. The summed E-state index contributed by atoms with van der Waals surface area (Å²) in [6.07, 6.45) is -12.9. The highest BCUT2D eigenvalue weighted by molar-refractivity contribution is 5.91. The molecule has 14 N–H and O–H groups in total. The monoisotopic (exact) mass is 1210 g/mol. The molecule has 30 nitrogen and oxygen atoms in total. The summed E-state index contributed by atoms with van der Waals surface area (Å²) in [4.78, 5) is 107. The minimum atomic E-state index is -1.42. The van der Waals surface area contributed by atoms with Crippen molar-refractivity contribution in [1.29, 1.82) is 0 Å². The Labute approximate surface area is 489 Å². The molecule has 0 aromatic heterocycles. The predicted molar refractivity (Wildman–Crippen MR) is 291 cm³/mol. The lowest BCUT2D eigenvalue weighted by Gasteiger charge is -2.40. The molecular weight excluding hydrogens is 1120 g/mol. The molecule has 0 radical (unpaired) electrons. The summed E-state index contributed by atoms with van der Waals surface area (Å²) < 4.78 is 38.7. The molecule has 7 unspecified atom stereocenters. The molecule has 3 heterocycles. The second-order valence-corrected chi connectivity index (χ2v) is 21.4. The first-order valence-corrected chi connectivity index (χ1v) is 28.9. The number of Topliss-reactive ketones (excluding diaryl/α,β-unsaturated/α-hetero) is 3. The number of ketones is 3. The summed E-state index contributed by atoms with van der Waals surface area (Å²) >= 11 is 0.